The molecule has 0 radical (unpaired) electrons. The average molecular weight is 275 g/mol. The summed E-state index contributed by atoms with van der Waals surface area (Å²) in [5.74, 6) is 0.596. The fraction of sp³-hybridized carbons (Fsp3) is 0.429. The van der Waals surface area contributed by atoms with Gasteiger partial charge in [0, 0.05) is 33.0 Å². The largest absolute Gasteiger partial charge is 0.479 e. The number of methoxy groups -OCH3 is 1. The van der Waals surface area contributed by atoms with Crippen molar-refractivity contribution in [2.24, 2.45) is 0 Å². The van der Waals surface area contributed by atoms with Crippen LogP contribution in [0.3, 0.4) is 0 Å². The number of pyridine rings is 1. The first-order valence-corrected chi connectivity index (χ1v) is 6.60. The monoisotopic (exact) mass is 275 g/mol. The molecule has 0 fully saturated rings. The maximum absolute atomic E-state index is 5.34. The van der Waals surface area contributed by atoms with Crippen LogP contribution in [0.15, 0.2) is 24.8 Å². The van der Waals surface area contributed by atoms with Crippen LogP contribution in [0.5, 0.6) is 5.88 Å². The number of hydrogen-bond acceptors (Lipinski definition) is 5. The lowest BCUT2D eigenvalue weighted by Gasteiger charge is -2.20. The van der Waals surface area contributed by atoms with Crippen LogP contribution in [0.4, 0.5) is 11.4 Å². The summed E-state index contributed by atoms with van der Waals surface area (Å²) in [5, 5.41) is 3.40. The first-order valence-electron chi connectivity index (χ1n) is 6.60. The summed E-state index contributed by atoms with van der Waals surface area (Å²) in [6.07, 6.45) is 5.45. The van der Waals surface area contributed by atoms with E-state index in [4.69, 9.17) is 4.74 Å². The quantitative estimate of drug-likeness (QED) is 0.873. The molecular weight excluding hydrogens is 254 g/mol. The van der Waals surface area contributed by atoms with Gasteiger partial charge in [0.25, 0.3) is 0 Å². The van der Waals surface area contributed by atoms with E-state index < -0.39 is 0 Å². The standard InChI is InChI=1S/C14H21N5O/c1-5-19-10-15-8-11(19)9-17-13-12(18(2)3)6-7-16-14(13)20-4/h6-8,10,17H,5,9H2,1-4H3. The molecule has 108 valence electrons. The molecule has 0 aromatic carbocycles. The smallest absolute Gasteiger partial charge is 0.239 e. The minimum absolute atomic E-state index is 0.596. The molecule has 2 heterocycles. The second-order valence-corrected chi connectivity index (χ2v) is 4.63. The number of ether oxygens (including phenoxy) is 1. The molecule has 0 aliphatic carbocycles. The van der Waals surface area contributed by atoms with Crippen molar-refractivity contribution in [1.82, 2.24) is 14.5 Å². The molecule has 0 aliphatic rings. The van der Waals surface area contributed by atoms with E-state index in [0.29, 0.717) is 12.4 Å². The number of hydrogen-bond donors (Lipinski definition) is 1. The lowest BCUT2D eigenvalue weighted by Crippen LogP contribution is -2.14. The lowest BCUT2D eigenvalue weighted by atomic mass is 10.3. The van der Waals surface area contributed by atoms with Crippen LogP contribution in [0.25, 0.3) is 0 Å². The van der Waals surface area contributed by atoms with Gasteiger partial charge >= 0.3 is 0 Å². The van der Waals surface area contributed by atoms with Crippen molar-refractivity contribution in [3.05, 3.63) is 30.5 Å². The van der Waals surface area contributed by atoms with Gasteiger partial charge in [-0.2, -0.15) is 0 Å². The van der Waals surface area contributed by atoms with E-state index in [1.807, 2.05) is 37.6 Å². The summed E-state index contributed by atoms with van der Waals surface area (Å²) in [4.78, 5) is 10.5. The van der Waals surface area contributed by atoms with Crippen molar-refractivity contribution in [1.29, 1.82) is 0 Å². The van der Waals surface area contributed by atoms with Crippen LogP contribution in [0.1, 0.15) is 12.6 Å². The summed E-state index contributed by atoms with van der Waals surface area (Å²) >= 11 is 0. The maximum Gasteiger partial charge on any atom is 0.239 e. The molecule has 6 heteroatoms. The zero-order chi connectivity index (χ0) is 14.5. The van der Waals surface area contributed by atoms with E-state index in [9.17, 15) is 0 Å². The number of aryl methyl sites for hydroxylation is 1. The summed E-state index contributed by atoms with van der Waals surface area (Å²) < 4.78 is 7.44. The molecule has 0 bridgehead atoms. The molecule has 0 spiro atoms. The predicted octanol–water partition coefficient (Wildman–Crippen LogP) is 1.98. The van der Waals surface area contributed by atoms with Crippen LogP contribution in [0.2, 0.25) is 0 Å². The Morgan fingerprint density at radius 1 is 1.40 bits per heavy atom. The molecule has 0 saturated carbocycles. The fourth-order valence-corrected chi connectivity index (χ4v) is 2.09. The van der Waals surface area contributed by atoms with Crippen molar-refractivity contribution in [3.63, 3.8) is 0 Å². The molecule has 0 aliphatic heterocycles. The third kappa shape index (κ3) is 2.84. The van der Waals surface area contributed by atoms with Gasteiger partial charge in [-0.25, -0.2) is 9.97 Å². The third-order valence-corrected chi connectivity index (χ3v) is 3.15. The zero-order valence-corrected chi connectivity index (χ0v) is 12.4. The van der Waals surface area contributed by atoms with Crippen LogP contribution < -0.4 is 15.0 Å². The Labute approximate surface area is 119 Å². The molecule has 0 unspecified atom stereocenters. The molecule has 6 nitrogen and oxygen atoms in total. The van der Waals surface area contributed by atoms with E-state index >= 15 is 0 Å². The highest BCUT2D eigenvalue weighted by Gasteiger charge is 2.12. The van der Waals surface area contributed by atoms with Gasteiger partial charge in [0.2, 0.25) is 5.88 Å². The highest BCUT2D eigenvalue weighted by Crippen LogP contribution is 2.32. The van der Waals surface area contributed by atoms with Gasteiger partial charge in [-0.15, -0.1) is 0 Å². The Morgan fingerprint density at radius 3 is 2.85 bits per heavy atom. The van der Waals surface area contributed by atoms with Gasteiger partial charge < -0.3 is 19.5 Å². The highest BCUT2D eigenvalue weighted by molar-refractivity contribution is 5.74. The van der Waals surface area contributed by atoms with Crippen molar-refractivity contribution < 1.29 is 4.74 Å². The van der Waals surface area contributed by atoms with E-state index in [1.54, 1.807) is 13.3 Å². The van der Waals surface area contributed by atoms with Crippen molar-refractivity contribution >= 4 is 11.4 Å². The molecular formula is C14H21N5O. The minimum atomic E-state index is 0.596. The summed E-state index contributed by atoms with van der Waals surface area (Å²) in [6.45, 7) is 3.68. The Hall–Kier alpha value is -2.24. The lowest BCUT2D eigenvalue weighted by molar-refractivity contribution is 0.399. The van der Waals surface area contributed by atoms with Crippen molar-refractivity contribution in [2.75, 3.05) is 31.4 Å². The maximum atomic E-state index is 5.34. The number of aromatic nitrogens is 3. The SMILES string of the molecule is CCn1cncc1CNc1c(N(C)C)ccnc1OC. The first-order chi connectivity index (χ1) is 9.67. The van der Waals surface area contributed by atoms with Gasteiger partial charge in [0.1, 0.15) is 5.69 Å². The van der Waals surface area contributed by atoms with Gasteiger partial charge in [-0.05, 0) is 13.0 Å². The molecule has 1 N–H and O–H groups in total. The molecule has 0 atom stereocenters. The molecule has 2 rings (SSSR count). The molecule has 20 heavy (non-hydrogen) atoms. The van der Waals surface area contributed by atoms with Crippen LogP contribution in [-0.2, 0) is 13.1 Å². The minimum Gasteiger partial charge on any atom is -0.479 e. The van der Waals surface area contributed by atoms with Crippen molar-refractivity contribution in [3.8, 4) is 5.88 Å². The summed E-state index contributed by atoms with van der Waals surface area (Å²) in [5.41, 5.74) is 3.06. The van der Waals surface area contributed by atoms with Crippen LogP contribution >= 0.6 is 0 Å². The van der Waals surface area contributed by atoms with E-state index in [-0.39, 0.29) is 0 Å². The van der Waals surface area contributed by atoms with Gasteiger partial charge in [-0.1, -0.05) is 0 Å². The third-order valence-electron chi connectivity index (χ3n) is 3.15. The number of rotatable bonds is 6. The first kappa shape index (κ1) is 14.2. The van der Waals surface area contributed by atoms with E-state index in [0.717, 1.165) is 23.6 Å². The Morgan fingerprint density at radius 2 is 2.20 bits per heavy atom. The predicted molar refractivity (Wildman–Crippen MR) is 80.3 cm³/mol. The van der Waals surface area contributed by atoms with Gasteiger partial charge in [0.05, 0.1) is 31.4 Å². The fourth-order valence-electron chi connectivity index (χ4n) is 2.09. The highest BCUT2D eigenvalue weighted by atomic mass is 16.5. The Kier molecular flexibility index (Phi) is 4.45. The second-order valence-electron chi connectivity index (χ2n) is 4.63. The topological polar surface area (TPSA) is 55.2 Å². The Balaban J connectivity index is 2.24. The van der Waals surface area contributed by atoms with Gasteiger partial charge in [0.15, 0.2) is 0 Å². The van der Waals surface area contributed by atoms with E-state index in [1.165, 1.54) is 0 Å². The summed E-state index contributed by atoms with van der Waals surface area (Å²) in [7, 11) is 5.62. The molecule has 2 aromatic heterocycles. The van der Waals surface area contributed by atoms with Crippen LogP contribution in [-0.4, -0.2) is 35.7 Å². The summed E-state index contributed by atoms with van der Waals surface area (Å²) in [6, 6.07) is 1.96. The zero-order valence-electron chi connectivity index (χ0n) is 12.4. The normalized spacial score (nSPS) is 10.4. The van der Waals surface area contributed by atoms with E-state index in [2.05, 4.69) is 26.8 Å². The average Bonchev–Trinajstić information content (AvgIpc) is 2.91. The number of nitrogens with one attached hydrogen (secondary N) is 1. The number of nitrogens with zero attached hydrogens (tertiary/aromatic N) is 4. The molecule has 0 amide bonds. The molecule has 2 aromatic rings. The Bertz CT molecular complexity index is 564. The number of anilines is 2. The van der Waals surface area contributed by atoms with Crippen molar-refractivity contribution in [2.45, 2.75) is 20.0 Å². The number of imidazole rings is 1. The second kappa shape index (κ2) is 6.27. The molecule has 0 saturated heterocycles. The van der Waals surface area contributed by atoms with Crippen LogP contribution in [0, 0.1) is 0 Å². The van der Waals surface area contributed by atoms with Gasteiger partial charge in [-0.3, -0.25) is 0 Å².